The topological polar surface area (TPSA) is 132 Å². The molecule has 3 saturated carbocycles. The van der Waals surface area contributed by atoms with Gasteiger partial charge in [0.15, 0.2) is 0 Å². The maximum atomic E-state index is 12.9. The van der Waals surface area contributed by atoms with Crippen molar-refractivity contribution in [3.63, 3.8) is 0 Å². The third kappa shape index (κ3) is 19.2. The zero-order valence-electron chi connectivity index (χ0n) is 46.1. The van der Waals surface area contributed by atoms with Gasteiger partial charge in [0.05, 0.1) is 55.2 Å². The molecule has 398 valence electrons. The number of rotatable bonds is 23. The van der Waals surface area contributed by atoms with Crippen molar-refractivity contribution >= 4 is 34.5 Å². The lowest BCUT2D eigenvalue weighted by Gasteiger charge is -2.38. The van der Waals surface area contributed by atoms with Crippen molar-refractivity contribution in [2.24, 2.45) is 22.7 Å². The summed E-state index contributed by atoms with van der Waals surface area (Å²) in [6.07, 6.45) is 13.6. The highest BCUT2D eigenvalue weighted by molar-refractivity contribution is 14.1. The van der Waals surface area contributed by atoms with Crippen LogP contribution in [0.3, 0.4) is 0 Å². The summed E-state index contributed by atoms with van der Waals surface area (Å²) in [5, 5.41) is 18.5. The Kier molecular flexibility index (Phi) is 20.6. The van der Waals surface area contributed by atoms with Gasteiger partial charge in [0.25, 0.3) is 0 Å². The molecule has 2 aromatic carbocycles. The van der Waals surface area contributed by atoms with Crippen molar-refractivity contribution in [3.05, 3.63) is 92.6 Å². The largest absolute Gasteiger partial charge is 0.460 e. The predicted molar refractivity (Wildman–Crippen MR) is 293 cm³/mol. The highest BCUT2D eigenvalue weighted by Crippen LogP contribution is 2.51. The Bertz CT molecular complexity index is 2270. The van der Waals surface area contributed by atoms with Crippen LogP contribution in [0.15, 0.2) is 60.7 Å². The fourth-order valence-corrected chi connectivity index (χ4v) is 11.6. The highest BCUT2D eigenvalue weighted by Gasteiger charge is 2.42. The van der Waals surface area contributed by atoms with Crippen LogP contribution >= 0.6 is 22.6 Å². The van der Waals surface area contributed by atoms with Crippen LogP contribution in [0.2, 0.25) is 0 Å². The van der Waals surface area contributed by atoms with E-state index in [1.807, 2.05) is 82.6 Å². The number of esters is 2. The average molecular weight is 1110 g/mol. The summed E-state index contributed by atoms with van der Waals surface area (Å²) >= 11 is 2.36. The van der Waals surface area contributed by atoms with Crippen LogP contribution in [0.25, 0.3) is 0 Å². The van der Waals surface area contributed by atoms with Gasteiger partial charge in [-0.05, 0) is 175 Å². The van der Waals surface area contributed by atoms with E-state index in [-0.39, 0.29) is 30.4 Å². The van der Waals surface area contributed by atoms with Crippen LogP contribution in [0, 0.1) is 26.4 Å². The zero-order chi connectivity index (χ0) is 52.3. The SMILES string of the molecule is CC(C)(C)CC1CC(c2nnn([C@@H](CCCOCc3ccccc3)CC(=O)OC(C)(C)C)c2C2CC2)C1.CC(C)(C)CC1CC(c2nnn([C@@H](CCCOCc3ccccc3)CC(=O)OC(C)(C)C)c2I)C1. The standard InChI is InChI=1S/C31H47N3O3.C28H42IN3O3/c1-30(2,3)20-23-17-25(18-23)28-29(24-14-15-24)34(33-32-28)26(19-27(35)37-31(4,5)6)13-10-16-36-21-22-11-8-7-9-12-22;1-27(2,3)18-21-15-22(16-21)25-26(29)32(31-30-25)23(17-24(33)35-28(4,5)6)13-10-14-34-19-20-11-8-7-9-12-20/h7-9,11-12,23-26H,10,13-21H2,1-6H3;7-9,11-12,21-23H,10,13-19H2,1-6H3/t23?,25?,26-;21?,22?,23-/m00/s1. The summed E-state index contributed by atoms with van der Waals surface area (Å²) in [7, 11) is 0. The van der Waals surface area contributed by atoms with Crippen LogP contribution in [-0.2, 0) is 41.8 Å². The minimum absolute atomic E-state index is 0.0579. The molecule has 3 fully saturated rings. The van der Waals surface area contributed by atoms with E-state index < -0.39 is 11.2 Å². The normalized spacial score (nSPS) is 20.1. The summed E-state index contributed by atoms with van der Waals surface area (Å²) in [5.74, 6) is 2.68. The number of hydrogen-bond donors (Lipinski definition) is 0. The van der Waals surface area contributed by atoms with Crippen LogP contribution in [0.4, 0.5) is 0 Å². The Labute approximate surface area is 446 Å². The molecule has 12 nitrogen and oxygen atoms in total. The molecule has 7 rings (SSSR count). The first-order valence-electron chi connectivity index (χ1n) is 27.1. The molecule has 4 aromatic rings. The second kappa shape index (κ2) is 25.7. The Morgan fingerprint density at radius 2 is 0.986 bits per heavy atom. The van der Waals surface area contributed by atoms with Crippen molar-refractivity contribution in [3.8, 4) is 0 Å². The van der Waals surface area contributed by atoms with Crippen molar-refractivity contribution < 1.29 is 28.5 Å². The van der Waals surface area contributed by atoms with Gasteiger partial charge in [-0.2, -0.15) is 0 Å². The van der Waals surface area contributed by atoms with Crippen molar-refractivity contribution in [2.75, 3.05) is 13.2 Å². The lowest BCUT2D eigenvalue weighted by atomic mass is 9.67. The molecule has 0 amide bonds. The number of nitrogens with zero attached hydrogens (tertiary/aromatic N) is 6. The second-order valence-corrected chi connectivity index (χ2v) is 26.7. The molecule has 0 N–H and O–H groups in total. The molecule has 0 unspecified atom stereocenters. The molecule has 0 spiro atoms. The molecule has 3 aliphatic rings. The number of aromatic nitrogens is 6. The lowest BCUT2D eigenvalue weighted by molar-refractivity contribution is -0.157. The molecule has 0 aliphatic heterocycles. The summed E-state index contributed by atoms with van der Waals surface area (Å²) in [6.45, 7) is 27.9. The van der Waals surface area contributed by atoms with E-state index >= 15 is 0 Å². The third-order valence-corrected chi connectivity index (χ3v) is 14.7. The van der Waals surface area contributed by atoms with Crippen LogP contribution < -0.4 is 0 Å². The van der Waals surface area contributed by atoms with Crippen molar-refractivity contribution in [1.82, 2.24) is 30.0 Å². The molecule has 0 saturated heterocycles. The molecule has 0 radical (unpaired) electrons. The fraction of sp³-hybridized carbons (Fsp3) is 0.695. The minimum atomic E-state index is -0.505. The Balaban J connectivity index is 0.000000236. The average Bonchev–Trinajstić information content (AvgIpc) is 3.89. The van der Waals surface area contributed by atoms with Gasteiger partial charge in [0.2, 0.25) is 0 Å². The monoisotopic (exact) mass is 1100 g/mol. The molecule has 13 heteroatoms. The zero-order valence-corrected chi connectivity index (χ0v) is 48.2. The molecule has 72 heavy (non-hydrogen) atoms. The minimum Gasteiger partial charge on any atom is -0.460 e. The van der Waals surface area contributed by atoms with E-state index in [0.717, 1.165) is 46.9 Å². The summed E-state index contributed by atoms with van der Waals surface area (Å²) < 4.78 is 28.3. The van der Waals surface area contributed by atoms with Gasteiger partial charge in [-0.1, -0.05) is 113 Å². The van der Waals surface area contributed by atoms with E-state index in [4.69, 9.17) is 29.3 Å². The number of benzene rings is 2. The summed E-state index contributed by atoms with van der Waals surface area (Å²) in [6, 6.07) is 20.3. The van der Waals surface area contributed by atoms with Gasteiger partial charge < -0.3 is 18.9 Å². The Morgan fingerprint density at radius 1 is 0.583 bits per heavy atom. The summed E-state index contributed by atoms with van der Waals surface area (Å²) in [4.78, 5) is 25.6. The Hall–Kier alpha value is -3.69. The first-order valence-corrected chi connectivity index (χ1v) is 28.2. The van der Waals surface area contributed by atoms with Crippen LogP contribution in [0.1, 0.15) is 231 Å². The predicted octanol–water partition coefficient (Wildman–Crippen LogP) is 14.4. The molecule has 3 aliphatic carbocycles. The van der Waals surface area contributed by atoms with E-state index in [2.05, 4.69) is 103 Å². The first-order chi connectivity index (χ1) is 33.9. The van der Waals surface area contributed by atoms with Gasteiger partial charge in [0, 0.05) is 31.0 Å². The molecular weight excluding hydrogens is 1020 g/mol. The van der Waals surface area contributed by atoms with E-state index in [9.17, 15) is 9.59 Å². The van der Waals surface area contributed by atoms with Gasteiger partial charge in [-0.25, -0.2) is 9.36 Å². The van der Waals surface area contributed by atoms with Crippen LogP contribution in [-0.4, -0.2) is 66.3 Å². The molecular formula is C59H89IN6O6. The smallest absolute Gasteiger partial charge is 0.308 e. The number of hydrogen-bond acceptors (Lipinski definition) is 10. The third-order valence-electron chi connectivity index (χ3n) is 13.6. The number of carbonyl (C=O) groups is 2. The van der Waals surface area contributed by atoms with Crippen LogP contribution in [0.5, 0.6) is 0 Å². The van der Waals surface area contributed by atoms with Gasteiger partial charge in [-0.15, -0.1) is 10.2 Å². The van der Waals surface area contributed by atoms with Crippen molar-refractivity contribution in [2.45, 2.75) is 227 Å². The molecule has 2 atom stereocenters. The molecule has 2 heterocycles. The van der Waals surface area contributed by atoms with E-state index in [1.165, 1.54) is 73.9 Å². The van der Waals surface area contributed by atoms with Gasteiger partial charge >= 0.3 is 11.9 Å². The van der Waals surface area contributed by atoms with Gasteiger partial charge in [-0.3, -0.25) is 9.59 Å². The molecule has 0 bridgehead atoms. The first kappa shape index (κ1) is 57.6. The highest BCUT2D eigenvalue weighted by atomic mass is 127. The maximum Gasteiger partial charge on any atom is 0.308 e. The maximum absolute atomic E-state index is 12.9. The fourth-order valence-electron chi connectivity index (χ4n) is 10.5. The van der Waals surface area contributed by atoms with Gasteiger partial charge in [0.1, 0.15) is 14.9 Å². The lowest BCUT2D eigenvalue weighted by Crippen LogP contribution is -2.28. The van der Waals surface area contributed by atoms with E-state index in [1.54, 1.807) is 0 Å². The van der Waals surface area contributed by atoms with Crippen molar-refractivity contribution in [1.29, 1.82) is 0 Å². The quantitative estimate of drug-likeness (QED) is 0.0402. The van der Waals surface area contributed by atoms with E-state index in [0.29, 0.717) is 61.4 Å². The Morgan fingerprint density at radius 3 is 1.40 bits per heavy atom. The second-order valence-electron chi connectivity index (χ2n) is 25.6. The number of carbonyl (C=O) groups excluding carboxylic acids is 2. The number of ether oxygens (including phenoxy) is 4. The number of halogens is 1. The molecule has 2 aromatic heterocycles. The summed E-state index contributed by atoms with van der Waals surface area (Å²) in [5.41, 5.74) is 5.64.